The van der Waals surface area contributed by atoms with E-state index in [1.807, 2.05) is 0 Å². The van der Waals surface area contributed by atoms with Gasteiger partial charge in [0.1, 0.15) is 0 Å². The zero-order valence-electron chi connectivity index (χ0n) is 13.2. The largest absolute Gasteiger partial charge is 0.481 e. The molecule has 0 aromatic rings. The Morgan fingerprint density at radius 3 is 2.24 bits per heavy atom. The molecule has 2 atom stereocenters. The summed E-state index contributed by atoms with van der Waals surface area (Å²) in [6.07, 6.45) is 7.62. The van der Waals surface area contributed by atoms with Crippen LogP contribution in [0.25, 0.3) is 0 Å². The van der Waals surface area contributed by atoms with Gasteiger partial charge < -0.3 is 15.7 Å². The molecule has 2 rings (SSSR count). The number of nitrogens with one attached hydrogen (secondary N) is 2. The third-order valence-corrected chi connectivity index (χ3v) is 5.07. The highest BCUT2D eigenvalue weighted by molar-refractivity contribution is 5.77. The van der Waals surface area contributed by atoms with Gasteiger partial charge in [-0.05, 0) is 43.9 Å². The lowest BCUT2D eigenvalue weighted by atomic mass is 9.75. The molecule has 0 spiro atoms. The van der Waals surface area contributed by atoms with E-state index in [2.05, 4.69) is 24.5 Å². The minimum atomic E-state index is -0.792. The van der Waals surface area contributed by atoms with Crippen molar-refractivity contribution in [1.82, 2.24) is 10.6 Å². The van der Waals surface area contributed by atoms with E-state index in [0.29, 0.717) is 11.8 Å². The lowest BCUT2D eigenvalue weighted by Gasteiger charge is -2.35. The summed E-state index contributed by atoms with van der Waals surface area (Å²) < 4.78 is 0. The van der Waals surface area contributed by atoms with Gasteiger partial charge in [-0.1, -0.05) is 26.7 Å². The number of carboxylic acids is 1. The van der Waals surface area contributed by atoms with Gasteiger partial charge in [-0.2, -0.15) is 0 Å². The van der Waals surface area contributed by atoms with E-state index in [1.54, 1.807) is 0 Å². The standard InChI is InChI=1S/C16H28N2O3/c1-16(2)9-7-11(8-10-16)17-15(21)18-13-6-4-3-5-12(13)14(19)20/h11-13H,3-10H2,1-2H3,(H,19,20)(H2,17,18,21). The lowest BCUT2D eigenvalue weighted by Crippen LogP contribution is -2.51. The van der Waals surface area contributed by atoms with Gasteiger partial charge in [0.2, 0.25) is 0 Å². The number of aliphatic carboxylic acids is 1. The number of amides is 2. The van der Waals surface area contributed by atoms with Crippen molar-refractivity contribution >= 4 is 12.0 Å². The fourth-order valence-corrected chi connectivity index (χ4v) is 3.54. The number of carboxylic acid groups (broad SMARTS) is 1. The van der Waals surface area contributed by atoms with Gasteiger partial charge in [0.25, 0.3) is 0 Å². The molecule has 0 aromatic heterocycles. The SMILES string of the molecule is CC1(C)CCC(NC(=O)NC2CCCCC2C(=O)O)CC1. The molecule has 0 saturated heterocycles. The maximum atomic E-state index is 12.1. The topological polar surface area (TPSA) is 78.4 Å². The van der Waals surface area contributed by atoms with Gasteiger partial charge >= 0.3 is 12.0 Å². The molecule has 0 heterocycles. The second-order valence-electron chi connectivity index (χ2n) is 7.39. The van der Waals surface area contributed by atoms with Crippen LogP contribution in [0, 0.1) is 11.3 Å². The van der Waals surface area contributed by atoms with Crippen molar-refractivity contribution in [3.05, 3.63) is 0 Å². The van der Waals surface area contributed by atoms with Crippen LogP contribution in [0.2, 0.25) is 0 Å². The lowest BCUT2D eigenvalue weighted by molar-refractivity contribution is -0.143. The molecule has 0 aromatic carbocycles. The number of carbonyl (C=O) groups excluding carboxylic acids is 1. The molecule has 21 heavy (non-hydrogen) atoms. The Morgan fingerprint density at radius 2 is 1.62 bits per heavy atom. The Morgan fingerprint density at radius 1 is 1.00 bits per heavy atom. The van der Waals surface area contributed by atoms with Crippen LogP contribution in [0.1, 0.15) is 65.2 Å². The average Bonchev–Trinajstić information content (AvgIpc) is 2.41. The highest BCUT2D eigenvalue weighted by Crippen LogP contribution is 2.35. The maximum Gasteiger partial charge on any atom is 0.315 e. The molecule has 2 fully saturated rings. The van der Waals surface area contributed by atoms with E-state index in [1.165, 1.54) is 0 Å². The Hall–Kier alpha value is -1.26. The number of urea groups is 1. The van der Waals surface area contributed by atoms with Crippen LogP contribution in [-0.4, -0.2) is 29.2 Å². The van der Waals surface area contributed by atoms with Gasteiger partial charge in [0.05, 0.1) is 5.92 Å². The Labute approximate surface area is 126 Å². The third kappa shape index (κ3) is 4.61. The zero-order chi connectivity index (χ0) is 15.5. The van der Waals surface area contributed by atoms with Crippen molar-refractivity contribution in [2.24, 2.45) is 11.3 Å². The molecule has 2 saturated carbocycles. The number of carbonyl (C=O) groups is 2. The second-order valence-corrected chi connectivity index (χ2v) is 7.39. The first-order valence-electron chi connectivity index (χ1n) is 8.17. The van der Waals surface area contributed by atoms with Crippen LogP contribution in [0.3, 0.4) is 0 Å². The van der Waals surface area contributed by atoms with E-state index >= 15 is 0 Å². The van der Waals surface area contributed by atoms with E-state index < -0.39 is 11.9 Å². The maximum absolute atomic E-state index is 12.1. The predicted octanol–water partition coefficient (Wildman–Crippen LogP) is 2.90. The predicted molar refractivity (Wildman–Crippen MR) is 81.1 cm³/mol. The van der Waals surface area contributed by atoms with Crippen molar-refractivity contribution in [3.63, 3.8) is 0 Å². The van der Waals surface area contributed by atoms with E-state index in [9.17, 15) is 14.7 Å². The molecule has 2 aliphatic rings. The van der Waals surface area contributed by atoms with E-state index in [0.717, 1.165) is 44.9 Å². The van der Waals surface area contributed by atoms with Crippen LogP contribution < -0.4 is 10.6 Å². The third-order valence-electron chi connectivity index (χ3n) is 5.07. The fourth-order valence-electron chi connectivity index (χ4n) is 3.54. The molecule has 5 heteroatoms. The summed E-state index contributed by atoms with van der Waals surface area (Å²) in [5.74, 6) is -1.23. The molecule has 5 nitrogen and oxygen atoms in total. The first-order valence-corrected chi connectivity index (χ1v) is 8.17. The molecule has 0 bridgehead atoms. The van der Waals surface area contributed by atoms with E-state index in [-0.39, 0.29) is 18.1 Å². The molecule has 0 radical (unpaired) electrons. The normalized spacial score (nSPS) is 29.6. The van der Waals surface area contributed by atoms with Crippen molar-refractivity contribution < 1.29 is 14.7 Å². The number of hydrogen-bond acceptors (Lipinski definition) is 2. The van der Waals surface area contributed by atoms with Crippen molar-refractivity contribution in [1.29, 1.82) is 0 Å². The van der Waals surface area contributed by atoms with Crippen molar-refractivity contribution in [2.45, 2.75) is 77.3 Å². The smallest absolute Gasteiger partial charge is 0.315 e. The molecule has 3 N–H and O–H groups in total. The van der Waals surface area contributed by atoms with Crippen molar-refractivity contribution in [2.75, 3.05) is 0 Å². The van der Waals surface area contributed by atoms with Gasteiger partial charge in [-0.3, -0.25) is 4.79 Å². The average molecular weight is 296 g/mol. The molecular weight excluding hydrogens is 268 g/mol. The minimum Gasteiger partial charge on any atom is -0.481 e. The van der Waals surface area contributed by atoms with Crippen LogP contribution in [0.5, 0.6) is 0 Å². The van der Waals surface area contributed by atoms with Gasteiger partial charge in [-0.25, -0.2) is 4.79 Å². The summed E-state index contributed by atoms with van der Waals surface area (Å²) in [6.45, 7) is 4.53. The van der Waals surface area contributed by atoms with E-state index in [4.69, 9.17) is 0 Å². The minimum absolute atomic E-state index is 0.196. The van der Waals surface area contributed by atoms with Crippen LogP contribution in [0.15, 0.2) is 0 Å². The van der Waals surface area contributed by atoms with Crippen molar-refractivity contribution in [3.8, 4) is 0 Å². The quantitative estimate of drug-likeness (QED) is 0.749. The second kappa shape index (κ2) is 6.67. The monoisotopic (exact) mass is 296 g/mol. The molecule has 2 aliphatic carbocycles. The Kier molecular flexibility index (Phi) is 5.12. The number of rotatable bonds is 3. The van der Waals surface area contributed by atoms with Crippen LogP contribution in [0.4, 0.5) is 4.79 Å². The molecule has 0 aliphatic heterocycles. The molecule has 2 amide bonds. The molecular formula is C16H28N2O3. The van der Waals surface area contributed by atoms with Gasteiger partial charge in [-0.15, -0.1) is 0 Å². The first kappa shape index (κ1) is 16.1. The summed E-state index contributed by atoms with van der Waals surface area (Å²) in [4.78, 5) is 23.3. The Balaban J connectivity index is 1.80. The highest BCUT2D eigenvalue weighted by Gasteiger charge is 2.33. The van der Waals surface area contributed by atoms with Gasteiger partial charge in [0, 0.05) is 12.1 Å². The zero-order valence-corrected chi connectivity index (χ0v) is 13.2. The summed E-state index contributed by atoms with van der Waals surface area (Å²) in [7, 11) is 0. The van der Waals surface area contributed by atoms with Crippen LogP contribution in [-0.2, 0) is 4.79 Å². The highest BCUT2D eigenvalue weighted by atomic mass is 16.4. The molecule has 120 valence electrons. The first-order chi connectivity index (χ1) is 9.87. The Bertz CT molecular complexity index is 385. The molecule has 2 unspecified atom stereocenters. The fraction of sp³-hybridized carbons (Fsp3) is 0.875. The summed E-state index contributed by atoms with van der Waals surface area (Å²) >= 11 is 0. The summed E-state index contributed by atoms with van der Waals surface area (Å²) in [6, 6.07) is -0.195. The van der Waals surface area contributed by atoms with Gasteiger partial charge in [0.15, 0.2) is 0 Å². The summed E-state index contributed by atoms with van der Waals surface area (Å²) in [5.41, 5.74) is 0.381. The summed E-state index contributed by atoms with van der Waals surface area (Å²) in [5, 5.41) is 15.1. The number of hydrogen-bond donors (Lipinski definition) is 3. The van der Waals surface area contributed by atoms with Crippen LogP contribution >= 0.6 is 0 Å².